The Labute approximate surface area is 196 Å². The molecule has 0 fully saturated rings. The Morgan fingerprint density at radius 1 is 1.03 bits per heavy atom. The van der Waals surface area contributed by atoms with Crippen molar-refractivity contribution in [2.45, 2.75) is 18.4 Å². The predicted molar refractivity (Wildman–Crippen MR) is 127 cm³/mol. The van der Waals surface area contributed by atoms with E-state index in [0.717, 1.165) is 9.54 Å². The van der Waals surface area contributed by atoms with Gasteiger partial charge in [0, 0.05) is 24.4 Å². The molecule has 0 radical (unpaired) electrons. The Kier molecular flexibility index (Phi) is 4.91. The second kappa shape index (κ2) is 7.59. The monoisotopic (exact) mass is 478 g/mol. The molecule has 0 bridgehead atoms. The molecule has 1 aliphatic heterocycles. The number of fused-ring (bicyclic) bond motifs is 5. The molecule has 4 aromatic rings. The first kappa shape index (κ1) is 22.0. The van der Waals surface area contributed by atoms with Crippen molar-refractivity contribution >= 4 is 43.7 Å². The van der Waals surface area contributed by atoms with Crippen LogP contribution < -0.4 is 4.74 Å². The number of hydrogen-bond donors (Lipinski definition) is 0. The average molecular weight is 479 g/mol. The van der Waals surface area contributed by atoms with Crippen molar-refractivity contribution in [1.29, 1.82) is 0 Å². The molecule has 1 aliphatic rings. The maximum atomic E-state index is 14.0. The number of hydrogen-bond acceptors (Lipinski definition) is 6. The normalized spacial score (nSPS) is 13.5. The van der Waals surface area contributed by atoms with Crippen LogP contribution >= 0.6 is 0 Å². The topological polar surface area (TPSA) is 94.9 Å². The summed E-state index contributed by atoms with van der Waals surface area (Å²) in [5.41, 5.74) is 2.43. The van der Waals surface area contributed by atoms with Gasteiger partial charge in [-0.3, -0.25) is 4.79 Å². The van der Waals surface area contributed by atoms with Gasteiger partial charge in [-0.1, -0.05) is 17.7 Å². The average Bonchev–Trinajstić information content (AvgIpc) is 3.31. The summed E-state index contributed by atoms with van der Waals surface area (Å²) in [7, 11) is 0.253. The van der Waals surface area contributed by atoms with E-state index in [2.05, 4.69) is 0 Å². The molecule has 5 rings (SSSR count). The highest BCUT2D eigenvalue weighted by Crippen LogP contribution is 2.42. The summed E-state index contributed by atoms with van der Waals surface area (Å²) in [6.07, 6.45) is 0. The molecule has 0 unspecified atom stereocenters. The Morgan fingerprint density at radius 3 is 2.38 bits per heavy atom. The first-order valence-electron chi connectivity index (χ1n) is 10.5. The highest BCUT2D eigenvalue weighted by Gasteiger charge is 2.35. The molecule has 0 spiro atoms. The molecule has 0 saturated carbocycles. The molecular formula is C25H22N2O6S. The molecule has 0 atom stereocenters. The van der Waals surface area contributed by atoms with Gasteiger partial charge in [0.2, 0.25) is 0 Å². The largest absolute Gasteiger partial charge is 0.497 e. The van der Waals surface area contributed by atoms with Gasteiger partial charge in [-0.15, -0.1) is 0 Å². The van der Waals surface area contributed by atoms with Crippen molar-refractivity contribution in [3.05, 3.63) is 70.8 Å². The third kappa shape index (κ3) is 3.00. The highest BCUT2D eigenvalue weighted by molar-refractivity contribution is 7.90. The molecule has 8 nitrogen and oxygen atoms in total. The maximum Gasteiger partial charge on any atom is 0.340 e. The first-order chi connectivity index (χ1) is 16.2. The van der Waals surface area contributed by atoms with Gasteiger partial charge in [-0.05, 0) is 48.9 Å². The molecule has 0 aliphatic carbocycles. The number of amides is 1. The minimum atomic E-state index is -4.15. The fourth-order valence-corrected chi connectivity index (χ4v) is 6.10. The summed E-state index contributed by atoms with van der Waals surface area (Å²) in [5.74, 6) is -0.439. The summed E-state index contributed by atoms with van der Waals surface area (Å²) in [6, 6.07) is 13.0. The van der Waals surface area contributed by atoms with E-state index in [1.165, 1.54) is 31.3 Å². The Bertz CT molecular complexity index is 1620. The minimum absolute atomic E-state index is 0.0625. The second-order valence-corrected chi connectivity index (χ2v) is 10.1. The van der Waals surface area contributed by atoms with Crippen LogP contribution in [0, 0.1) is 6.92 Å². The Morgan fingerprint density at radius 2 is 1.74 bits per heavy atom. The zero-order chi connectivity index (χ0) is 24.4. The zero-order valence-electron chi connectivity index (χ0n) is 19.1. The van der Waals surface area contributed by atoms with Crippen molar-refractivity contribution in [1.82, 2.24) is 8.87 Å². The van der Waals surface area contributed by atoms with E-state index >= 15 is 0 Å². The lowest BCUT2D eigenvalue weighted by Gasteiger charge is -2.13. The van der Waals surface area contributed by atoms with Crippen LogP contribution in [0.2, 0.25) is 0 Å². The van der Waals surface area contributed by atoms with E-state index in [1.807, 2.05) is 6.92 Å². The number of ether oxygens (including phenoxy) is 2. The third-order valence-corrected chi connectivity index (χ3v) is 7.94. The van der Waals surface area contributed by atoms with Crippen molar-refractivity contribution < 1.29 is 27.5 Å². The standard InChI is InChI=1S/C25H22N2O6S/c1-14-5-8-17(9-6-14)34(30,31)27-20-10-7-16(32-3)12-18(20)22-21-15(13-26(2)24(21)28)11-19(23(22)27)25(29)33-4/h5-12H,13H2,1-4H3. The number of nitrogens with zero attached hydrogens (tertiary/aromatic N) is 2. The molecule has 1 amide bonds. The van der Waals surface area contributed by atoms with Crippen LogP contribution in [0.15, 0.2) is 53.4 Å². The molecule has 3 aromatic carbocycles. The van der Waals surface area contributed by atoms with Crippen molar-refractivity contribution in [3.8, 4) is 5.75 Å². The number of rotatable bonds is 4. The number of aromatic nitrogens is 1. The third-order valence-electron chi connectivity index (χ3n) is 6.21. The SMILES string of the molecule is COC(=O)c1cc2c(c3c4cc(OC)ccc4n(S(=O)(=O)c4ccc(C)cc4)c13)C(=O)N(C)C2. The maximum absolute atomic E-state index is 14.0. The van der Waals surface area contributed by atoms with Crippen LogP contribution in [-0.4, -0.2) is 50.4 Å². The summed E-state index contributed by atoms with van der Waals surface area (Å²) in [4.78, 5) is 27.6. The smallest absolute Gasteiger partial charge is 0.340 e. The van der Waals surface area contributed by atoms with E-state index in [4.69, 9.17) is 9.47 Å². The lowest BCUT2D eigenvalue weighted by Crippen LogP contribution is -2.17. The number of esters is 1. The minimum Gasteiger partial charge on any atom is -0.497 e. The zero-order valence-corrected chi connectivity index (χ0v) is 19.9. The van der Waals surface area contributed by atoms with Gasteiger partial charge in [0.15, 0.2) is 0 Å². The van der Waals surface area contributed by atoms with Gasteiger partial charge in [-0.25, -0.2) is 17.2 Å². The van der Waals surface area contributed by atoms with E-state index < -0.39 is 16.0 Å². The van der Waals surface area contributed by atoms with Crippen LogP contribution in [0.25, 0.3) is 21.8 Å². The van der Waals surface area contributed by atoms with Crippen LogP contribution in [0.3, 0.4) is 0 Å². The van der Waals surface area contributed by atoms with Crippen LogP contribution in [0.5, 0.6) is 5.75 Å². The first-order valence-corrected chi connectivity index (χ1v) is 12.0. The number of carbonyl (C=O) groups excluding carboxylic acids is 2. The summed E-state index contributed by atoms with van der Waals surface area (Å²) >= 11 is 0. The lowest BCUT2D eigenvalue weighted by atomic mass is 9.98. The summed E-state index contributed by atoms with van der Waals surface area (Å²) in [5, 5.41) is 0.882. The molecule has 0 N–H and O–H groups in total. The Balaban J connectivity index is 2.03. The van der Waals surface area contributed by atoms with E-state index in [-0.39, 0.29) is 21.9 Å². The van der Waals surface area contributed by atoms with E-state index in [1.54, 1.807) is 43.4 Å². The number of carbonyl (C=O) groups is 2. The Hall–Kier alpha value is -3.85. The second-order valence-electron chi connectivity index (χ2n) is 8.30. The number of aryl methyl sites for hydroxylation is 1. The van der Waals surface area contributed by atoms with Gasteiger partial charge >= 0.3 is 5.97 Å². The van der Waals surface area contributed by atoms with Gasteiger partial charge in [0.1, 0.15) is 5.75 Å². The van der Waals surface area contributed by atoms with Crippen molar-refractivity contribution in [2.24, 2.45) is 0 Å². The molecule has 0 saturated heterocycles. The quantitative estimate of drug-likeness (QED) is 0.415. The number of methoxy groups -OCH3 is 2. The van der Waals surface area contributed by atoms with Gasteiger partial charge in [0.25, 0.3) is 15.9 Å². The van der Waals surface area contributed by atoms with E-state index in [9.17, 15) is 18.0 Å². The van der Waals surface area contributed by atoms with Crippen LogP contribution in [0.4, 0.5) is 0 Å². The summed E-state index contributed by atoms with van der Waals surface area (Å²) in [6.45, 7) is 2.17. The molecule has 34 heavy (non-hydrogen) atoms. The highest BCUT2D eigenvalue weighted by atomic mass is 32.2. The molecular weight excluding hydrogens is 456 g/mol. The fourth-order valence-electron chi connectivity index (χ4n) is 4.56. The predicted octanol–water partition coefficient (Wildman–Crippen LogP) is 3.72. The van der Waals surface area contributed by atoms with Gasteiger partial charge < -0.3 is 14.4 Å². The molecule has 1 aromatic heterocycles. The molecule has 9 heteroatoms. The fraction of sp³-hybridized carbons (Fsp3) is 0.200. The molecule has 2 heterocycles. The van der Waals surface area contributed by atoms with Crippen LogP contribution in [0.1, 0.15) is 31.8 Å². The lowest BCUT2D eigenvalue weighted by molar-refractivity contribution is 0.0602. The van der Waals surface area contributed by atoms with Crippen molar-refractivity contribution in [2.75, 3.05) is 21.3 Å². The van der Waals surface area contributed by atoms with Gasteiger partial charge in [0.05, 0.1) is 41.3 Å². The van der Waals surface area contributed by atoms with Crippen LogP contribution in [-0.2, 0) is 21.3 Å². The molecule has 174 valence electrons. The number of benzene rings is 3. The van der Waals surface area contributed by atoms with E-state index in [0.29, 0.717) is 39.7 Å². The summed E-state index contributed by atoms with van der Waals surface area (Å²) < 4.78 is 39.5. The van der Waals surface area contributed by atoms with Gasteiger partial charge in [-0.2, -0.15) is 0 Å². The van der Waals surface area contributed by atoms with Crippen molar-refractivity contribution in [3.63, 3.8) is 0 Å².